The Kier molecular flexibility index (Phi) is 3.48. The average Bonchev–Trinajstić information content (AvgIpc) is 3.02. The second-order valence-electron chi connectivity index (χ2n) is 6.03. The molecule has 18 heavy (non-hydrogen) atoms. The van der Waals surface area contributed by atoms with Gasteiger partial charge in [-0.25, -0.2) is 5.43 Å². The fraction of sp³-hybridized carbons (Fsp3) is 0.733. The monoisotopic (exact) mass is 246 g/mol. The van der Waals surface area contributed by atoms with E-state index in [0.717, 1.165) is 18.8 Å². The molecule has 3 atom stereocenters. The van der Waals surface area contributed by atoms with Crippen molar-refractivity contribution in [2.24, 2.45) is 28.8 Å². The van der Waals surface area contributed by atoms with E-state index in [1.54, 1.807) is 0 Å². The number of fused-ring (bicyclic) bond motifs is 2. The fourth-order valence-corrected chi connectivity index (χ4v) is 3.65. The van der Waals surface area contributed by atoms with Gasteiger partial charge in [0.05, 0.1) is 0 Å². The molecule has 2 bridgehead atoms. The third-order valence-electron chi connectivity index (χ3n) is 4.75. The van der Waals surface area contributed by atoms with Crippen LogP contribution in [0, 0.1) is 23.7 Å². The van der Waals surface area contributed by atoms with Gasteiger partial charge in [-0.05, 0) is 37.5 Å². The maximum Gasteiger partial charge on any atom is 0.243 e. The molecule has 0 aliphatic heterocycles. The molecule has 3 rings (SSSR count). The molecule has 0 aromatic heterocycles. The van der Waals surface area contributed by atoms with Crippen LogP contribution in [0.2, 0.25) is 0 Å². The van der Waals surface area contributed by atoms with E-state index in [2.05, 4.69) is 22.7 Å². The van der Waals surface area contributed by atoms with Gasteiger partial charge >= 0.3 is 0 Å². The van der Waals surface area contributed by atoms with Crippen molar-refractivity contribution in [3.05, 3.63) is 12.2 Å². The number of carbonyl (C=O) groups excluding carboxylic acids is 1. The van der Waals surface area contributed by atoms with Gasteiger partial charge in [-0.3, -0.25) is 4.79 Å². The number of rotatable bonds is 3. The van der Waals surface area contributed by atoms with E-state index in [9.17, 15) is 4.79 Å². The third-order valence-corrected chi connectivity index (χ3v) is 4.75. The zero-order chi connectivity index (χ0) is 12.4. The lowest BCUT2D eigenvalue weighted by Crippen LogP contribution is -2.28. The molecule has 0 saturated heterocycles. The number of hydrogen-bond donors (Lipinski definition) is 1. The number of nitrogens with one attached hydrogen (secondary N) is 1. The maximum absolute atomic E-state index is 11.9. The minimum atomic E-state index is 0.129. The molecule has 3 aliphatic carbocycles. The van der Waals surface area contributed by atoms with Gasteiger partial charge in [0.1, 0.15) is 0 Å². The Morgan fingerprint density at radius 2 is 2.00 bits per heavy atom. The number of hydrogen-bond acceptors (Lipinski definition) is 2. The van der Waals surface area contributed by atoms with Gasteiger partial charge in [0.15, 0.2) is 0 Å². The van der Waals surface area contributed by atoms with Crippen LogP contribution in [0.5, 0.6) is 0 Å². The van der Waals surface area contributed by atoms with Crippen LogP contribution in [0.1, 0.15) is 44.9 Å². The molecule has 0 aromatic rings. The summed E-state index contributed by atoms with van der Waals surface area (Å²) in [5.74, 6) is 2.32. The largest absolute Gasteiger partial charge is 0.273 e. The van der Waals surface area contributed by atoms with Crippen LogP contribution < -0.4 is 5.43 Å². The molecule has 3 heteroatoms. The van der Waals surface area contributed by atoms with E-state index >= 15 is 0 Å². The lowest BCUT2D eigenvalue weighted by molar-refractivity contribution is -0.125. The van der Waals surface area contributed by atoms with E-state index < -0.39 is 0 Å². The predicted octanol–water partition coefficient (Wildman–Crippen LogP) is 2.88. The minimum absolute atomic E-state index is 0.129. The first kappa shape index (κ1) is 11.9. The van der Waals surface area contributed by atoms with Gasteiger partial charge in [0, 0.05) is 18.1 Å². The van der Waals surface area contributed by atoms with Crippen molar-refractivity contribution in [1.29, 1.82) is 0 Å². The summed E-state index contributed by atoms with van der Waals surface area (Å²) in [6, 6.07) is 0. The third kappa shape index (κ3) is 2.50. The molecule has 0 aromatic carbocycles. The van der Waals surface area contributed by atoms with E-state index in [1.165, 1.54) is 32.1 Å². The van der Waals surface area contributed by atoms with Crippen molar-refractivity contribution in [3.63, 3.8) is 0 Å². The molecule has 1 N–H and O–H groups in total. The Morgan fingerprint density at radius 3 is 2.67 bits per heavy atom. The fourth-order valence-electron chi connectivity index (χ4n) is 3.65. The molecule has 3 aliphatic rings. The smallest absolute Gasteiger partial charge is 0.243 e. The van der Waals surface area contributed by atoms with Crippen molar-refractivity contribution in [2.45, 2.75) is 44.9 Å². The van der Waals surface area contributed by atoms with Gasteiger partial charge in [0.25, 0.3) is 0 Å². The van der Waals surface area contributed by atoms with Crippen molar-refractivity contribution in [3.8, 4) is 0 Å². The minimum Gasteiger partial charge on any atom is -0.273 e. The Bertz CT molecular complexity index is 369. The first-order valence-corrected chi connectivity index (χ1v) is 7.34. The highest BCUT2D eigenvalue weighted by Gasteiger charge is 2.34. The van der Waals surface area contributed by atoms with Crippen molar-refractivity contribution >= 4 is 12.1 Å². The number of allylic oxidation sites excluding steroid dienone is 2. The summed E-state index contributed by atoms with van der Waals surface area (Å²) in [6.07, 6.45) is 14.9. The molecule has 1 amide bonds. The molecular weight excluding hydrogens is 224 g/mol. The van der Waals surface area contributed by atoms with E-state index in [-0.39, 0.29) is 11.8 Å². The van der Waals surface area contributed by atoms with Crippen LogP contribution >= 0.6 is 0 Å². The Hall–Kier alpha value is -1.12. The topological polar surface area (TPSA) is 41.5 Å². The predicted molar refractivity (Wildman–Crippen MR) is 72.1 cm³/mol. The van der Waals surface area contributed by atoms with Gasteiger partial charge < -0.3 is 0 Å². The molecule has 0 spiro atoms. The van der Waals surface area contributed by atoms with Gasteiger partial charge in [-0.2, -0.15) is 5.10 Å². The molecule has 98 valence electrons. The molecule has 2 fully saturated rings. The van der Waals surface area contributed by atoms with Crippen molar-refractivity contribution < 1.29 is 4.79 Å². The van der Waals surface area contributed by atoms with Crippen LogP contribution in [0.4, 0.5) is 0 Å². The van der Waals surface area contributed by atoms with Crippen molar-refractivity contribution in [1.82, 2.24) is 5.43 Å². The second-order valence-corrected chi connectivity index (χ2v) is 6.03. The molecular formula is C15H22N2O. The highest BCUT2D eigenvalue weighted by molar-refractivity contribution is 5.79. The van der Waals surface area contributed by atoms with Gasteiger partial charge in [-0.1, -0.05) is 31.4 Å². The summed E-state index contributed by atoms with van der Waals surface area (Å²) < 4.78 is 0. The van der Waals surface area contributed by atoms with Crippen LogP contribution in [0.15, 0.2) is 17.3 Å². The standard InChI is InChI=1S/C15H22N2O/c18-15(12-4-2-1-3-5-12)17-16-10-14-9-11-6-7-13(14)8-11/h6-7,10-14H,1-5,8-9H2,(H,17,18)/b16-10-/t11-,13+,14-/m1/s1. The van der Waals surface area contributed by atoms with Gasteiger partial charge in [-0.15, -0.1) is 0 Å². The summed E-state index contributed by atoms with van der Waals surface area (Å²) in [7, 11) is 0. The number of amides is 1. The average molecular weight is 246 g/mol. The van der Waals surface area contributed by atoms with E-state index in [1.807, 2.05) is 6.21 Å². The second kappa shape index (κ2) is 5.25. The van der Waals surface area contributed by atoms with Crippen LogP contribution in [-0.4, -0.2) is 12.1 Å². The number of hydrazone groups is 1. The first-order chi connectivity index (χ1) is 8.83. The normalized spacial score (nSPS) is 35.4. The zero-order valence-corrected chi connectivity index (χ0v) is 10.8. The summed E-state index contributed by atoms with van der Waals surface area (Å²) in [5, 5.41) is 4.19. The van der Waals surface area contributed by atoms with E-state index in [0.29, 0.717) is 11.8 Å². The molecule has 0 unspecified atom stereocenters. The molecule has 3 nitrogen and oxygen atoms in total. The maximum atomic E-state index is 11.9. The summed E-state index contributed by atoms with van der Waals surface area (Å²) in [5.41, 5.74) is 2.75. The molecule has 0 radical (unpaired) electrons. The first-order valence-electron chi connectivity index (χ1n) is 7.34. The van der Waals surface area contributed by atoms with Crippen LogP contribution in [0.3, 0.4) is 0 Å². The van der Waals surface area contributed by atoms with E-state index in [4.69, 9.17) is 0 Å². The van der Waals surface area contributed by atoms with Crippen molar-refractivity contribution in [2.75, 3.05) is 0 Å². The highest BCUT2D eigenvalue weighted by Crippen LogP contribution is 2.42. The number of nitrogens with zero attached hydrogens (tertiary/aromatic N) is 1. The number of carbonyl (C=O) groups is 1. The van der Waals surface area contributed by atoms with Gasteiger partial charge in [0.2, 0.25) is 5.91 Å². The quantitative estimate of drug-likeness (QED) is 0.464. The molecule has 0 heterocycles. The van der Waals surface area contributed by atoms with Crippen LogP contribution in [-0.2, 0) is 4.79 Å². The van der Waals surface area contributed by atoms with Crippen LogP contribution in [0.25, 0.3) is 0 Å². The Morgan fingerprint density at radius 1 is 1.17 bits per heavy atom. The Balaban J connectivity index is 1.46. The SMILES string of the molecule is O=C(N/N=C\[C@H]1C[C@@H]2C=C[C@H]1C2)C1CCCCC1. The Labute approximate surface area is 109 Å². The summed E-state index contributed by atoms with van der Waals surface area (Å²) >= 11 is 0. The lowest BCUT2D eigenvalue weighted by Gasteiger charge is -2.19. The summed E-state index contributed by atoms with van der Waals surface area (Å²) in [6.45, 7) is 0. The lowest BCUT2D eigenvalue weighted by atomic mass is 9.89. The molecule has 2 saturated carbocycles. The zero-order valence-electron chi connectivity index (χ0n) is 10.8. The highest BCUT2D eigenvalue weighted by atomic mass is 16.2. The summed E-state index contributed by atoms with van der Waals surface area (Å²) in [4.78, 5) is 11.9.